The highest BCUT2D eigenvalue weighted by Crippen LogP contribution is 2.85. The van der Waals surface area contributed by atoms with Crippen LogP contribution in [-0.4, -0.2) is 35.8 Å². The molecule has 1 aliphatic heterocycles. The average Bonchev–Trinajstić information content (AvgIpc) is 3.33. The number of rotatable bonds is 9. The van der Waals surface area contributed by atoms with Gasteiger partial charge in [-0.3, -0.25) is 0 Å². The summed E-state index contributed by atoms with van der Waals surface area (Å²) in [7, 11) is 3.15. The minimum Gasteiger partial charge on any atom is -0.493 e. The monoisotopic (exact) mass is 430 g/mol. The maximum atomic E-state index is 10.5. The van der Waals surface area contributed by atoms with Gasteiger partial charge in [0.2, 0.25) is 0 Å². The molecule has 0 bridgehead atoms. The van der Waals surface area contributed by atoms with Crippen LogP contribution in [-0.2, 0) is 0 Å². The number of hydrogen-bond donors (Lipinski definition) is 1. The molecule has 0 spiro atoms. The molecule has 2 aliphatic rings. The molecule has 3 atom stereocenters. The lowest BCUT2D eigenvalue weighted by molar-refractivity contribution is 0.354. The van der Waals surface area contributed by atoms with Crippen LogP contribution in [0.25, 0.3) is 0 Å². The summed E-state index contributed by atoms with van der Waals surface area (Å²) in [5.74, 6) is 2.77. The van der Waals surface area contributed by atoms with Crippen molar-refractivity contribution in [1.29, 1.82) is 10.5 Å². The van der Waals surface area contributed by atoms with E-state index in [0.717, 1.165) is 29.9 Å². The van der Waals surface area contributed by atoms with Crippen molar-refractivity contribution in [3.63, 3.8) is 0 Å². The predicted octanol–water partition coefficient (Wildman–Crippen LogP) is 4.13. The van der Waals surface area contributed by atoms with Gasteiger partial charge in [0.15, 0.2) is 15.7 Å². The van der Waals surface area contributed by atoms with E-state index in [1.807, 2.05) is 18.2 Å². The number of amidine groups is 1. The first-order valence-corrected chi connectivity index (χ1v) is 11.6. The highest BCUT2D eigenvalue weighted by Gasteiger charge is 2.91. The molecule has 3 unspecified atom stereocenters. The Kier molecular flexibility index (Phi) is 5.98. The molecule has 0 saturated heterocycles. The standard InChI is InChI=1S/C21H26N4O2S2/c1-5-9-28-21(29-10-6-2)20(13-23)17(19(20,12-22)18(24)25-21)14-7-8-15(26-3)16(11-14)27-4/h7-8,11,17H,5-6,9-10H2,1-4H3,(H2,24,25). The summed E-state index contributed by atoms with van der Waals surface area (Å²) < 4.78 is 10.0. The zero-order chi connectivity index (χ0) is 21.3. The number of aliphatic imine (C=N–C) groups is 1. The fourth-order valence-electron chi connectivity index (χ4n) is 4.37. The van der Waals surface area contributed by atoms with Crippen molar-refractivity contribution in [2.24, 2.45) is 21.6 Å². The molecule has 1 aromatic carbocycles. The van der Waals surface area contributed by atoms with Gasteiger partial charge in [0, 0.05) is 5.92 Å². The number of nitriles is 2. The molecule has 1 saturated carbocycles. The molecule has 1 heterocycles. The summed E-state index contributed by atoms with van der Waals surface area (Å²) in [6.07, 6.45) is 1.91. The largest absolute Gasteiger partial charge is 0.493 e. The normalized spacial score (nSPS) is 28.6. The summed E-state index contributed by atoms with van der Waals surface area (Å²) in [4.78, 5) is 4.78. The highest BCUT2D eigenvalue weighted by molar-refractivity contribution is 8.18. The molecular formula is C21H26N4O2S2. The molecule has 154 valence electrons. The molecule has 29 heavy (non-hydrogen) atoms. The van der Waals surface area contributed by atoms with Gasteiger partial charge in [-0.2, -0.15) is 10.5 Å². The molecule has 8 heteroatoms. The van der Waals surface area contributed by atoms with E-state index in [-0.39, 0.29) is 11.8 Å². The summed E-state index contributed by atoms with van der Waals surface area (Å²) in [6.45, 7) is 4.20. The van der Waals surface area contributed by atoms with E-state index in [1.165, 1.54) is 0 Å². The molecule has 0 amide bonds. The Hall–Kier alpha value is -2.03. The number of methoxy groups -OCH3 is 2. The first kappa shape index (κ1) is 21.7. The van der Waals surface area contributed by atoms with Crippen molar-refractivity contribution in [3.8, 4) is 23.6 Å². The van der Waals surface area contributed by atoms with Gasteiger partial charge in [0.05, 0.1) is 26.4 Å². The molecule has 1 fully saturated rings. The summed E-state index contributed by atoms with van der Waals surface area (Å²) in [5, 5.41) is 20.7. The fourth-order valence-corrected chi connectivity index (χ4v) is 7.60. The maximum Gasteiger partial charge on any atom is 0.175 e. The number of fused-ring (bicyclic) bond motifs is 1. The van der Waals surface area contributed by atoms with Crippen molar-refractivity contribution in [1.82, 2.24) is 0 Å². The molecule has 1 aromatic rings. The van der Waals surface area contributed by atoms with Crippen LogP contribution in [0.3, 0.4) is 0 Å². The average molecular weight is 431 g/mol. The van der Waals surface area contributed by atoms with E-state index < -0.39 is 15.0 Å². The topological polar surface area (TPSA) is 104 Å². The number of thioether (sulfide) groups is 2. The van der Waals surface area contributed by atoms with E-state index in [4.69, 9.17) is 20.2 Å². The van der Waals surface area contributed by atoms with Crippen LogP contribution in [0.2, 0.25) is 0 Å². The van der Waals surface area contributed by atoms with Crippen molar-refractivity contribution >= 4 is 29.4 Å². The van der Waals surface area contributed by atoms with Gasteiger partial charge >= 0.3 is 0 Å². The highest BCUT2D eigenvalue weighted by atomic mass is 32.2. The lowest BCUT2D eigenvalue weighted by Crippen LogP contribution is -2.32. The quantitative estimate of drug-likeness (QED) is 0.587. The Morgan fingerprint density at radius 3 is 2.17 bits per heavy atom. The van der Waals surface area contributed by atoms with E-state index in [2.05, 4.69) is 26.0 Å². The smallest absolute Gasteiger partial charge is 0.175 e. The van der Waals surface area contributed by atoms with Crippen molar-refractivity contribution in [2.45, 2.75) is 36.8 Å². The molecular weight excluding hydrogens is 404 g/mol. The molecule has 0 radical (unpaired) electrons. The molecule has 0 aromatic heterocycles. The van der Waals surface area contributed by atoms with E-state index >= 15 is 0 Å². The molecule has 1 aliphatic carbocycles. The zero-order valence-corrected chi connectivity index (χ0v) is 18.8. The van der Waals surface area contributed by atoms with Gasteiger partial charge in [-0.05, 0) is 42.0 Å². The lowest BCUT2D eigenvalue weighted by atomic mass is 9.97. The Labute approximate surface area is 180 Å². The fraction of sp³-hybridized carbons (Fsp3) is 0.571. The Morgan fingerprint density at radius 1 is 1.07 bits per heavy atom. The third kappa shape index (κ3) is 2.73. The third-order valence-electron chi connectivity index (χ3n) is 5.67. The third-order valence-corrected chi connectivity index (χ3v) is 9.21. The van der Waals surface area contributed by atoms with Crippen molar-refractivity contribution < 1.29 is 9.47 Å². The number of ether oxygens (including phenoxy) is 2. The summed E-state index contributed by atoms with van der Waals surface area (Å²) in [6, 6.07) is 10.5. The SMILES string of the molecule is CCCSC1(SCCC)N=C(N)C2(C#N)C(c3ccc(OC)c(OC)c3)C12C#N. The van der Waals surface area contributed by atoms with Crippen molar-refractivity contribution in [2.75, 3.05) is 25.7 Å². The second-order valence-electron chi connectivity index (χ2n) is 7.16. The van der Waals surface area contributed by atoms with Crippen molar-refractivity contribution in [3.05, 3.63) is 23.8 Å². The number of hydrogen-bond acceptors (Lipinski definition) is 8. The van der Waals surface area contributed by atoms with E-state index in [1.54, 1.807) is 37.7 Å². The Morgan fingerprint density at radius 2 is 1.69 bits per heavy atom. The summed E-state index contributed by atoms with van der Waals surface area (Å²) in [5.41, 5.74) is 5.10. The van der Waals surface area contributed by atoms with Gasteiger partial charge in [-0.15, -0.1) is 23.5 Å². The molecule has 2 N–H and O–H groups in total. The van der Waals surface area contributed by atoms with Gasteiger partial charge in [0.1, 0.15) is 16.7 Å². The van der Waals surface area contributed by atoms with Crippen LogP contribution in [0.5, 0.6) is 11.5 Å². The Balaban J connectivity index is 2.17. The first-order valence-electron chi connectivity index (χ1n) is 9.66. The van der Waals surface area contributed by atoms with E-state index in [0.29, 0.717) is 11.5 Å². The number of benzene rings is 1. The molecule has 3 rings (SSSR count). The Bertz CT molecular complexity index is 899. The second kappa shape index (κ2) is 8.01. The number of nitrogens with two attached hydrogens (primary N) is 1. The minimum absolute atomic E-state index is 0.272. The predicted molar refractivity (Wildman–Crippen MR) is 118 cm³/mol. The first-order chi connectivity index (χ1) is 14.0. The zero-order valence-electron chi connectivity index (χ0n) is 17.2. The minimum atomic E-state index is -1.12. The van der Waals surface area contributed by atoms with Gasteiger partial charge in [-0.1, -0.05) is 19.9 Å². The molecule has 6 nitrogen and oxygen atoms in total. The van der Waals surface area contributed by atoms with Crippen LogP contribution >= 0.6 is 23.5 Å². The van der Waals surface area contributed by atoms with Crippen LogP contribution in [0, 0.1) is 33.5 Å². The number of nitrogens with zero attached hydrogens (tertiary/aromatic N) is 3. The lowest BCUT2D eigenvalue weighted by Gasteiger charge is -2.32. The second-order valence-corrected chi connectivity index (χ2v) is 10.00. The van der Waals surface area contributed by atoms with Gasteiger partial charge < -0.3 is 15.2 Å². The van der Waals surface area contributed by atoms with Crippen LogP contribution in [0.1, 0.15) is 38.2 Å². The summed E-state index contributed by atoms with van der Waals surface area (Å²) >= 11 is 3.29. The maximum absolute atomic E-state index is 10.5. The van der Waals surface area contributed by atoms with E-state index in [9.17, 15) is 10.5 Å². The van der Waals surface area contributed by atoms with Gasteiger partial charge in [-0.25, -0.2) is 4.99 Å². The van der Waals surface area contributed by atoms with Gasteiger partial charge in [0.25, 0.3) is 0 Å². The van der Waals surface area contributed by atoms with Crippen LogP contribution < -0.4 is 15.2 Å². The van der Waals surface area contributed by atoms with Crippen LogP contribution in [0.15, 0.2) is 23.2 Å². The van der Waals surface area contributed by atoms with Crippen LogP contribution in [0.4, 0.5) is 0 Å².